The number of carbonyl (C=O) groups excluding carboxylic acids is 1. The maximum atomic E-state index is 11.8. The number of aliphatic hydroxyl groups excluding tert-OH is 1. The van der Waals surface area contributed by atoms with Gasteiger partial charge in [0.15, 0.2) is 6.29 Å². The third-order valence-corrected chi connectivity index (χ3v) is 4.49. The number of likely N-dealkylation sites (tertiary alicyclic amines) is 1. The molecule has 137 valence electrons. The molecule has 0 spiro atoms. The van der Waals surface area contributed by atoms with Crippen molar-refractivity contribution in [3.8, 4) is 0 Å². The molecule has 1 fully saturated rings. The smallest absolute Gasteiger partial charge is 0.154 e. The number of hydrogen-bond acceptors (Lipinski definition) is 5. The quantitative estimate of drug-likeness (QED) is 0.349. The fourth-order valence-corrected chi connectivity index (χ4v) is 3.33. The Morgan fingerprint density at radius 1 is 1.46 bits per heavy atom. The summed E-state index contributed by atoms with van der Waals surface area (Å²) in [5, 5.41) is 10.3. The Labute approximate surface area is 181 Å². The molecule has 1 radical (unpaired) electrons. The first-order valence-electron chi connectivity index (χ1n) is 8.31. The number of likely N-dealkylation sites (N-methyl/N-ethyl adjacent to an activating group) is 1. The van der Waals surface area contributed by atoms with E-state index in [0.717, 1.165) is 0 Å². The molecule has 0 amide bonds. The molecule has 0 saturated carbocycles. The molecule has 1 aliphatic heterocycles. The van der Waals surface area contributed by atoms with Gasteiger partial charge in [0, 0.05) is 56.7 Å². The molecule has 4 unspecified atom stereocenters. The molecule has 0 aromatic heterocycles. The zero-order valence-electron chi connectivity index (χ0n) is 15.4. The molecule has 0 aromatic rings. The zero-order chi connectivity index (χ0) is 17.6. The van der Waals surface area contributed by atoms with Crippen molar-refractivity contribution in [3.05, 3.63) is 17.9 Å². The Kier molecular flexibility index (Phi) is 12.4. The summed E-state index contributed by atoms with van der Waals surface area (Å²) in [6.45, 7) is 7.74. The molecule has 0 bridgehead atoms. The average Bonchev–Trinajstić information content (AvgIpc) is 2.81. The van der Waals surface area contributed by atoms with Crippen molar-refractivity contribution in [2.45, 2.75) is 64.6 Å². The van der Waals surface area contributed by atoms with E-state index in [-0.39, 0.29) is 74.5 Å². The summed E-state index contributed by atoms with van der Waals surface area (Å²) < 4.78 is 10.7. The van der Waals surface area contributed by atoms with Crippen LogP contribution in [0.15, 0.2) is 12.2 Å². The van der Waals surface area contributed by atoms with E-state index >= 15 is 0 Å². The molecule has 6 atom stereocenters. The number of carbonyl (C=O) groups is 1. The second-order valence-corrected chi connectivity index (χ2v) is 6.16. The molecule has 0 aliphatic carbocycles. The van der Waals surface area contributed by atoms with Gasteiger partial charge in [0.2, 0.25) is 0 Å². The Morgan fingerprint density at radius 2 is 2.08 bits per heavy atom. The van der Waals surface area contributed by atoms with E-state index in [9.17, 15) is 9.90 Å². The summed E-state index contributed by atoms with van der Waals surface area (Å²) in [6.07, 6.45) is 3.34. The molecule has 6 nitrogen and oxygen atoms in total. The van der Waals surface area contributed by atoms with Crippen LogP contribution in [0.25, 0.3) is 5.73 Å². The number of nitrogens with one attached hydrogen (secondary N) is 1. The van der Waals surface area contributed by atoms with Crippen molar-refractivity contribution < 1.29 is 63.4 Å². The van der Waals surface area contributed by atoms with Gasteiger partial charge in [-0.3, -0.25) is 9.69 Å². The summed E-state index contributed by atoms with van der Waals surface area (Å²) >= 11 is 0. The van der Waals surface area contributed by atoms with Gasteiger partial charge in [-0.05, 0) is 47.1 Å². The van der Waals surface area contributed by atoms with E-state index in [1.54, 1.807) is 13.8 Å². The molecule has 1 rings (SSSR count). The molecular weight excluding hydrogens is 523 g/mol. The van der Waals surface area contributed by atoms with E-state index in [1.165, 1.54) is 0 Å². The minimum absolute atomic E-state index is 0. The van der Waals surface area contributed by atoms with Gasteiger partial charge in [-0.15, -0.1) is 0 Å². The predicted molar refractivity (Wildman–Crippen MR) is 90.1 cm³/mol. The molecule has 24 heavy (non-hydrogen) atoms. The first-order valence-corrected chi connectivity index (χ1v) is 8.31. The summed E-state index contributed by atoms with van der Waals surface area (Å²) in [6, 6.07) is -1.15. The van der Waals surface area contributed by atoms with E-state index in [0.29, 0.717) is 13.0 Å². The second kappa shape index (κ2) is 12.1. The number of aliphatic hydroxyl groups is 1. The van der Waals surface area contributed by atoms with Crippen LogP contribution in [0.1, 0.15) is 34.1 Å². The Hall–Kier alpha value is 0.652. The number of rotatable bonds is 9. The van der Waals surface area contributed by atoms with E-state index in [2.05, 4.69) is 0 Å². The van der Waals surface area contributed by atoms with Gasteiger partial charge in [0.25, 0.3) is 0 Å². The van der Waals surface area contributed by atoms with Crippen LogP contribution in [0.2, 0.25) is 0 Å². The largest absolute Gasteiger partial charge is 0.671 e. The van der Waals surface area contributed by atoms with E-state index < -0.39 is 18.4 Å². The van der Waals surface area contributed by atoms with Crippen LogP contribution < -0.4 is 0 Å². The number of ketones is 1. The molecule has 7 heteroatoms. The third-order valence-electron chi connectivity index (χ3n) is 4.49. The fourth-order valence-electron chi connectivity index (χ4n) is 3.33. The van der Waals surface area contributed by atoms with Crippen LogP contribution in [0.3, 0.4) is 0 Å². The number of allylic oxidation sites excluding steroid dienone is 1. The summed E-state index contributed by atoms with van der Waals surface area (Å²) in [7, 11) is 1.86. The fraction of sp³-hybridized carbons (Fsp3) is 0.824. The zero-order valence-corrected chi connectivity index (χ0v) is 20.2. The Morgan fingerprint density at radius 3 is 2.58 bits per heavy atom. The maximum absolute atomic E-state index is 11.8. The van der Waals surface area contributed by atoms with Crippen molar-refractivity contribution in [1.29, 1.82) is 0 Å². The van der Waals surface area contributed by atoms with Gasteiger partial charge >= 0.3 is 0 Å². The Balaban J connectivity index is 0.00000529. The van der Waals surface area contributed by atoms with Crippen LogP contribution in [0.4, 0.5) is 0 Å². The van der Waals surface area contributed by atoms with Gasteiger partial charge in [-0.1, -0.05) is 18.2 Å². The molecule has 1 saturated heterocycles. The standard InChI is InChI=1S/C17H31N2O4.Ac/c1-6-8-13-9-14(11(3)20)19(5)17(13)16(18)15(21)10-23-12(4)22-7-2;/h6,8,12-18,21H,7,9-10H2,1-5H3;/q-1;/b8-6-;/t12?,13-,14-,15?,16?,17?;/m1./s1. The van der Waals surface area contributed by atoms with Crippen molar-refractivity contribution in [2.24, 2.45) is 5.92 Å². The third kappa shape index (κ3) is 6.75. The van der Waals surface area contributed by atoms with Crippen LogP contribution in [-0.4, -0.2) is 66.6 Å². The minimum Gasteiger partial charge on any atom is -0.671 e. The maximum Gasteiger partial charge on any atom is 0.154 e. The molecule has 1 aliphatic rings. The van der Waals surface area contributed by atoms with Crippen molar-refractivity contribution >= 4 is 5.78 Å². The van der Waals surface area contributed by atoms with Crippen molar-refractivity contribution in [1.82, 2.24) is 4.90 Å². The van der Waals surface area contributed by atoms with Gasteiger partial charge in [-0.25, -0.2) is 0 Å². The van der Waals surface area contributed by atoms with Gasteiger partial charge in [0.05, 0.1) is 18.8 Å². The first-order chi connectivity index (χ1) is 10.8. The van der Waals surface area contributed by atoms with Crippen LogP contribution >= 0.6 is 0 Å². The van der Waals surface area contributed by atoms with Gasteiger partial charge in [-0.2, -0.15) is 0 Å². The normalized spacial score (nSPS) is 28.5. The Bertz CT molecular complexity index is 408. The second-order valence-electron chi connectivity index (χ2n) is 6.16. The van der Waals surface area contributed by atoms with Gasteiger partial charge < -0.3 is 20.3 Å². The molecule has 1 heterocycles. The van der Waals surface area contributed by atoms with Gasteiger partial charge in [0.1, 0.15) is 5.78 Å². The van der Waals surface area contributed by atoms with Crippen LogP contribution in [0.5, 0.6) is 0 Å². The number of ether oxygens (including phenoxy) is 2. The summed E-state index contributed by atoms with van der Waals surface area (Å²) in [5.74, 6) is 0.188. The topological polar surface area (TPSA) is 82.8 Å². The van der Waals surface area contributed by atoms with Crippen molar-refractivity contribution in [3.63, 3.8) is 0 Å². The monoisotopic (exact) mass is 554 g/mol. The molecule has 0 aromatic carbocycles. The van der Waals surface area contributed by atoms with Crippen molar-refractivity contribution in [2.75, 3.05) is 20.3 Å². The first kappa shape index (κ1) is 24.7. The van der Waals surface area contributed by atoms with E-state index in [1.807, 2.05) is 37.9 Å². The van der Waals surface area contributed by atoms with E-state index in [4.69, 9.17) is 15.2 Å². The van der Waals surface area contributed by atoms with Crippen LogP contribution in [0, 0.1) is 50.0 Å². The minimum atomic E-state index is -0.927. The number of Topliss-reactive ketones (excluding diaryl/α,β-unsaturated/α-hetero) is 1. The summed E-state index contributed by atoms with van der Waals surface area (Å²) in [5.41, 5.74) is 8.43. The number of hydrogen-bond donors (Lipinski definition) is 1. The average molecular weight is 554 g/mol. The van der Waals surface area contributed by atoms with Crippen LogP contribution in [-0.2, 0) is 14.3 Å². The SMILES string of the molecule is C/C=C\[C@@H]1C[C@H](C(C)=O)N(C)C1C([NH-])C(O)COC(C)OCC.[Ac]. The molecular formula is C17H31AcN2O4-. The predicted octanol–water partition coefficient (Wildman–Crippen LogP) is 2.02. The summed E-state index contributed by atoms with van der Waals surface area (Å²) in [4.78, 5) is 13.7. The molecule has 2 N–H and O–H groups in total. The number of nitrogens with zero attached hydrogens (tertiary/aromatic N) is 1.